The predicted molar refractivity (Wildman–Crippen MR) is 98.8 cm³/mol. The number of benzene rings is 2. The normalized spacial score (nSPS) is 16.9. The van der Waals surface area contributed by atoms with E-state index in [0.717, 1.165) is 12.3 Å². The maximum Gasteiger partial charge on any atom is 0.279 e. The summed E-state index contributed by atoms with van der Waals surface area (Å²) in [4.78, 5) is 24.8. The quantitative estimate of drug-likeness (QED) is 0.744. The fourth-order valence-electron chi connectivity index (χ4n) is 3.06. The highest BCUT2D eigenvalue weighted by Crippen LogP contribution is 2.15. The zero-order valence-corrected chi connectivity index (χ0v) is 15.0. The molecule has 0 radical (unpaired) electrons. The van der Waals surface area contributed by atoms with E-state index in [0.29, 0.717) is 12.1 Å². The third-order valence-corrected chi connectivity index (χ3v) is 4.63. The number of nitrogens with one attached hydrogen (secondary N) is 2. The highest BCUT2D eigenvalue weighted by Gasteiger charge is 2.29. The van der Waals surface area contributed by atoms with Crippen LogP contribution in [0.15, 0.2) is 48.5 Å². The van der Waals surface area contributed by atoms with Crippen molar-refractivity contribution >= 4 is 17.5 Å². The van der Waals surface area contributed by atoms with Crippen LogP contribution in [0.5, 0.6) is 5.75 Å². The maximum absolute atomic E-state index is 12.5. The van der Waals surface area contributed by atoms with Gasteiger partial charge in [-0.15, -0.1) is 0 Å². The summed E-state index contributed by atoms with van der Waals surface area (Å²) in [5.74, 6) is 0.356. The highest BCUT2D eigenvalue weighted by atomic mass is 16.5. The van der Waals surface area contributed by atoms with Crippen molar-refractivity contribution in [1.82, 2.24) is 5.32 Å². The number of hydrogen-bond donors (Lipinski definition) is 3. The van der Waals surface area contributed by atoms with E-state index in [2.05, 4.69) is 22.8 Å². The zero-order valence-electron chi connectivity index (χ0n) is 15.0. The molecule has 4 N–H and O–H groups in total. The van der Waals surface area contributed by atoms with Crippen LogP contribution in [0.3, 0.4) is 0 Å². The lowest BCUT2D eigenvalue weighted by Crippen LogP contribution is -2.93. The van der Waals surface area contributed by atoms with Gasteiger partial charge in [0.25, 0.3) is 5.91 Å². The first kappa shape index (κ1) is 17.9. The smallest absolute Gasteiger partial charge is 0.279 e. The van der Waals surface area contributed by atoms with Crippen molar-refractivity contribution in [1.29, 1.82) is 0 Å². The van der Waals surface area contributed by atoms with Gasteiger partial charge in [0.05, 0.1) is 7.11 Å². The number of carbonyl (C=O) groups is 2. The number of anilines is 1. The lowest BCUT2D eigenvalue weighted by Gasteiger charge is -2.23. The van der Waals surface area contributed by atoms with Gasteiger partial charge in [-0.05, 0) is 36.8 Å². The van der Waals surface area contributed by atoms with E-state index in [1.807, 2.05) is 17.4 Å². The second-order valence-corrected chi connectivity index (χ2v) is 6.47. The number of ether oxygens (including phenoxy) is 1. The molecule has 2 atom stereocenters. The molecule has 2 amide bonds. The standard InChI is InChI=1S/C20H23N3O3/c1-13(19(24)23-16-7-9-17(26-2)10-8-16)22-20(25)18-11-14-5-3-4-6-15(14)12-21-18/h3-10,13,18,21H,11-12H2,1-2H3,(H,22,25)(H,23,24)/p+1/t13-,18+/m1/s1. The Balaban J connectivity index is 1.54. The Morgan fingerprint density at radius 1 is 1.12 bits per heavy atom. The average molecular weight is 354 g/mol. The Kier molecular flexibility index (Phi) is 5.53. The second-order valence-electron chi connectivity index (χ2n) is 6.47. The van der Waals surface area contributed by atoms with Gasteiger partial charge in [-0.1, -0.05) is 24.3 Å². The van der Waals surface area contributed by atoms with Gasteiger partial charge in [0.2, 0.25) is 5.91 Å². The molecular formula is C20H24N3O3+. The van der Waals surface area contributed by atoms with Crippen molar-refractivity contribution in [2.75, 3.05) is 12.4 Å². The number of nitrogens with two attached hydrogens (primary N) is 1. The van der Waals surface area contributed by atoms with Crippen molar-refractivity contribution in [3.63, 3.8) is 0 Å². The number of quaternary nitrogens is 1. The molecule has 0 fully saturated rings. The van der Waals surface area contributed by atoms with E-state index in [1.165, 1.54) is 11.1 Å². The Morgan fingerprint density at radius 3 is 2.50 bits per heavy atom. The van der Waals surface area contributed by atoms with Crippen molar-refractivity contribution in [2.45, 2.75) is 32.0 Å². The van der Waals surface area contributed by atoms with E-state index in [-0.39, 0.29) is 17.9 Å². The molecule has 0 unspecified atom stereocenters. The molecule has 0 aliphatic carbocycles. The van der Waals surface area contributed by atoms with Crippen LogP contribution in [0.1, 0.15) is 18.1 Å². The van der Waals surface area contributed by atoms with Crippen molar-refractivity contribution in [2.24, 2.45) is 0 Å². The van der Waals surface area contributed by atoms with E-state index < -0.39 is 6.04 Å². The van der Waals surface area contributed by atoms with Crippen LogP contribution in [-0.2, 0) is 22.6 Å². The summed E-state index contributed by atoms with van der Waals surface area (Å²) in [5, 5.41) is 7.63. The van der Waals surface area contributed by atoms with Crippen LogP contribution < -0.4 is 20.7 Å². The monoisotopic (exact) mass is 354 g/mol. The van der Waals surface area contributed by atoms with Crippen molar-refractivity contribution in [3.8, 4) is 5.75 Å². The molecule has 1 heterocycles. The number of fused-ring (bicyclic) bond motifs is 1. The lowest BCUT2D eigenvalue weighted by molar-refractivity contribution is -0.695. The number of amides is 2. The first-order valence-electron chi connectivity index (χ1n) is 8.72. The molecule has 6 heteroatoms. The van der Waals surface area contributed by atoms with Crippen molar-refractivity contribution < 1.29 is 19.6 Å². The van der Waals surface area contributed by atoms with Gasteiger partial charge >= 0.3 is 0 Å². The Bertz CT molecular complexity index is 789. The van der Waals surface area contributed by atoms with Gasteiger partial charge in [-0.25, -0.2) is 0 Å². The average Bonchev–Trinajstić information content (AvgIpc) is 2.68. The molecule has 3 rings (SSSR count). The number of carbonyl (C=O) groups excluding carboxylic acids is 2. The molecular weight excluding hydrogens is 330 g/mol. The molecule has 0 saturated carbocycles. The molecule has 0 saturated heterocycles. The fraction of sp³-hybridized carbons (Fsp3) is 0.300. The minimum absolute atomic E-state index is 0.114. The van der Waals surface area contributed by atoms with Gasteiger partial charge in [0, 0.05) is 17.7 Å². The largest absolute Gasteiger partial charge is 0.497 e. The van der Waals surface area contributed by atoms with Crippen LogP contribution in [-0.4, -0.2) is 31.0 Å². The Labute approximate surface area is 152 Å². The highest BCUT2D eigenvalue weighted by molar-refractivity contribution is 5.97. The van der Waals surface area contributed by atoms with Crippen LogP contribution in [0.4, 0.5) is 5.69 Å². The third-order valence-electron chi connectivity index (χ3n) is 4.63. The molecule has 136 valence electrons. The summed E-state index contributed by atoms with van der Waals surface area (Å²) in [6.45, 7) is 2.47. The van der Waals surface area contributed by atoms with E-state index in [9.17, 15) is 9.59 Å². The summed E-state index contributed by atoms with van der Waals surface area (Å²) in [6, 6.07) is 14.4. The molecule has 0 bridgehead atoms. The van der Waals surface area contributed by atoms with Gasteiger partial charge in [-0.2, -0.15) is 0 Å². The minimum atomic E-state index is -0.616. The third kappa shape index (κ3) is 4.21. The summed E-state index contributed by atoms with van der Waals surface area (Å²) in [5.41, 5.74) is 3.13. The molecule has 1 aliphatic rings. The van der Waals surface area contributed by atoms with Gasteiger partial charge in [-0.3, -0.25) is 9.59 Å². The Morgan fingerprint density at radius 2 is 1.81 bits per heavy atom. The zero-order chi connectivity index (χ0) is 18.5. The summed E-state index contributed by atoms with van der Waals surface area (Å²) < 4.78 is 5.09. The molecule has 0 spiro atoms. The SMILES string of the molecule is COc1ccc(NC(=O)[C@@H](C)NC(=O)[C@@H]2Cc3ccccc3C[NH2+]2)cc1. The van der Waals surface area contributed by atoms with E-state index in [4.69, 9.17) is 4.74 Å². The number of rotatable bonds is 5. The van der Waals surface area contributed by atoms with Crippen LogP contribution in [0, 0.1) is 0 Å². The summed E-state index contributed by atoms with van der Waals surface area (Å²) in [6.07, 6.45) is 0.675. The van der Waals surface area contributed by atoms with Crippen LogP contribution >= 0.6 is 0 Å². The summed E-state index contributed by atoms with van der Waals surface area (Å²) in [7, 11) is 1.59. The number of hydrogen-bond acceptors (Lipinski definition) is 3. The van der Waals surface area contributed by atoms with Crippen LogP contribution in [0.2, 0.25) is 0 Å². The Hall–Kier alpha value is -2.86. The van der Waals surface area contributed by atoms with Gasteiger partial charge < -0.3 is 20.7 Å². The lowest BCUT2D eigenvalue weighted by atomic mass is 9.95. The molecule has 6 nitrogen and oxygen atoms in total. The molecule has 2 aromatic rings. The molecule has 1 aliphatic heterocycles. The molecule has 26 heavy (non-hydrogen) atoms. The van der Waals surface area contributed by atoms with Crippen LogP contribution in [0.25, 0.3) is 0 Å². The minimum Gasteiger partial charge on any atom is -0.497 e. The topological polar surface area (TPSA) is 84.0 Å². The maximum atomic E-state index is 12.5. The molecule has 2 aromatic carbocycles. The van der Waals surface area contributed by atoms with Gasteiger partial charge in [0.1, 0.15) is 18.3 Å². The summed E-state index contributed by atoms with van der Waals surface area (Å²) >= 11 is 0. The predicted octanol–water partition coefficient (Wildman–Crippen LogP) is 0.827. The number of methoxy groups -OCH3 is 1. The first-order chi connectivity index (χ1) is 12.6. The first-order valence-corrected chi connectivity index (χ1v) is 8.72. The van der Waals surface area contributed by atoms with E-state index >= 15 is 0 Å². The second kappa shape index (κ2) is 8.01. The van der Waals surface area contributed by atoms with Crippen molar-refractivity contribution in [3.05, 3.63) is 59.7 Å². The fourth-order valence-corrected chi connectivity index (χ4v) is 3.06. The van der Waals surface area contributed by atoms with Gasteiger partial charge in [0.15, 0.2) is 6.04 Å². The molecule has 0 aromatic heterocycles. The van der Waals surface area contributed by atoms with E-state index in [1.54, 1.807) is 38.3 Å².